The fourth-order valence-electron chi connectivity index (χ4n) is 3.56. The first-order valence-corrected chi connectivity index (χ1v) is 12.1. The van der Waals surface area contributed by atoms with E-state index in [1.165, 1.54) is 18.4 Å². The van der Waals surface area contributed by atoms with E-state index in [0.717, 1.165) is 27.2 Å². The summed E-state index contributed by atoms with van der Waals surface area (Å²) in [6.07, 6.45) is 1.69. The molecule has 0 spiro atoms. The highest BCUT2D eigenvalue weighted by molar-refractivity contribution is 7.80. The number of pyridine rings is 1. The van der Waals surface area contributed by atoms with E-state index >= 15 is 0 Å². The normalized spacial score (nSPS) is 10.6. The quantitative estimate of drug-likeness (QED) is 0.184. The molecule has 0 amide bonds. The number of methoxy groups -OCH3 is 1. The molecule has 3 N–H and O–H groups in total. The number of esters is 1. The van der Waals surface area contributed by atoms with Crippen LogP contribution < -0.4 is 16.0 Å². The molecule has 0 saturated heterocycles. The van der Waals surface area contributed by atoms with Gasteiger partial charge in [0.1, 0.15) is 9.71 Å². The summed E-state index contributed by atoms with van der Waals surface area (Å²) in [6, 6.07) is 24.8. The van der Waals surface area contributed by atoms with Crippen LogP contribution in [0.2, 0.25) is 0 Å². The maximum Gasteiger partial charge on any atom is 0.350 e. The number of para-hydroxylation sites is 2. The van der Waals surface area contributed by atoms with Crippen molar-refractivity contribution in [3.05, 3.63) is 89.9 Å². The number of thiophene rings is 1. The Kier molecular flexibility index (Phi) is 6.78. The Morgan fingerprint density at radius 1 is 0.889 bits per heavy atom. The molecule has 178 valence electrons. The van der Waals surface area contributed by atoms with Gasteiger partial charge in [0, 0.05) is 17.1 Å². The molecule has 3 aromatic heterocycles. The van der Waals surface area contributed by atoms with Crippen molar-refractivity contribution in [2.24, 2.45) is 0 Å². The van der Waals surface area contributed by atoms with Crippen molar-refractivity contribution in [1.29, 1.82) is 0 Å². The van der Waals surface area contributed by atoms with Crippen LogP contribution in [0, 0.1) is 0 Å². The molecule has 3 heterocycles. The average molecular weight is 513 g/mol. The van der Waals surface area contributed by atoms with E-state index in [1.54, 1.807) is 6.20 Å². The smallest absolute Gasteiger partial charge is 0.350 e. The standard InChI is InChI=1S/C26H20N6O2S2/c1-34-25(33)23-22(17-10-7-15-27-24(17)36-23)28-19-11-5-6-12-20(19)29-26(35)30-21-14-13-18(31-32-21)16-8-3-2-4-9-16/h2-15,28H,1H3,(H2,29,30,32,35). The van der Waals surface area contributed by atoms with Gasteiger partial charge in [-0.25, -0.2) is 9.78 Å². The molecule has 0 bridgehead atoms. The molecular weight excluding hydrogens is 492 g/mol. The molecule has 0 aliphatic rings. The molecule has 36 heavy (non-hydrogen) atoms. The van der Waals surface area contributed by atoms with Crippen molar-refractivity contribution in [2.45, 2.75) is 0 Å². The van der Waals surface area contributed by atoms with E-state index in [2.05, 4.69) is 31.1 Å². The third-order valence-corrected chi connectivity index (χ3v) is 6.55. The third-order valence-electron chi connectivity index (χ3n) is 5.25. The number of carbonyl (C=O) groups excluding carboxylic acids is 1. The highest BCUT2D eigenvalue weighted by Crippen LogP contribution is 2.38. The summed E-state index contributed by atoms with van der Waals surface area (Å²) in [6.45, 7) is 0. The zero-order valence-corrected chi connectivity index (χ0v) is 20.7. The zero-order valence-electron chi connectivity index (χ0n) is 19.1. The summed E-state index contributed by atoms with van der Waals surface area (Å²) < 4.78 is 4.99. The summed E-state index contributed by atoms with van der Waals surface area (Å²) >= 11 is 6.79. The largest absolute Gasteiger partial charge is 0.465 e. The molecule has 0 radical (unpaired) electrons. The number of hydrogen-bond donors (Lipinski definition) is 3. The van der Waals surface area contributed by atoms with Gasteiger partial charge in [0.2, 0.25) is 0 Å². The number of carbonyl (C=O) groups is 1. The molecule has 5 rings (SSSR count). The predicted molar refractivity (Wildman–Crippen MR) is 148 cm³/mol. The lowest BCUT2D eigenvalue weighted by molar-refractivity contribution is 0.0607. The van der Waals surface area contributed by atoms with Crippen molar-refractivity contribution in [1.82, 2.24) is 15.2 Å². The Labute approximate surface area is 216 Å². The fourth-order valence-corrected chi connectivity index (χ4v) is 4.79. The third kappa shape index (κ3) is 4.99. The summed E-state index contributed by atoms with van der Waals surface area (Å²) in [4.78, 5) is 18.0. The molecule has 0 saturated carbocycles. The van der Waals surface area contributed by atoms with Gasteiger partial charge in [-0.15, -0.1) is 21.5 Å². The maximum atomic E-state index is 12.4. The van der Waals surface area contributed by atoms with Gasteiger partial charge in [-0.3, -0.25) is 0 Å². The SMILES string of the molecule is COC(=O)c1sc2ncccc2c1Nc1ccccc1NC(=S)Nc1ccc(-c2ccccc2)nn1. The van der Waals surface area contributed by atoms with Crippen LogP contribution in [0.5, 0.6) is 0 Å². The summed E-state index contributed by atoms with van der Waals surface area (Å²) in [5.41, 5.74) is 3.82. The molecule has 0 aliphatic carbocycles. The van der Waals surface area contributed by atoms with E-state index in [9.17, 15) is 4.79 Å². The first-order chi connectivity index (χ1) is 17.6. The van der Waals surface area contributed by atoms with Crippen LogP contribution in [0.3, 0.4) is 0 Å². The topological polar surface area (TPSA) is 101 Å². The van der Waals surface area contributed by atoms with Crippen LogP contribution in [-0.2, 0) is 4.74 Å². The minimum Gasteiger partial charge on any atom is -0.465 e. The number of fused-ring (bicyclic) bond motifs is 1. The van der Waals surface area contributed by atoms with Crippen LogP contribution in [0.15, 0.2) is 85.1 Å². The summed E-state index contributed by atoms with van der Waals surface area (Å²) in [5, 5.41) is 19.3. The van der Waals surface area contributed by atoms with Gasteiger partial charge in [-0.05, 0) is 48.6 Å². The number of nitrogens with zero attached hydrogens (tertiary/aromatic N) is 3. The molecule has 0 unspecified atom stereocenters. The van der Waals surface area contributed by atoms with E-state index < -0.39 is 5.97 Å². The Bertz CT molecular complexity index is 1540. The van der Waals surface area contributed by atoms with Gasteiger partial charge in [0.25, 0.3) is 0 Å². The van der Waals surface area contributed by atoms with E-state index in [4.69, 9.17) is 17.0 Å². The van der Waals surface area contributed by atoms with Crippen LogP contribution in [0.4, 0.5) is 22.9 Å². The average Bonchev–Trinajstić information content (AvgIpc) is 3.28. The van der Waals surface area contributed by atoms with E-state index in [1.807, 2.05) is 78.9 Å². The lowest BCUT2D eigenvalue weighted by atomic mass is 10.1. The lowest BCUT2D eigenvalue weighted by Crippen LogP contribution is -2.20. The maximum absolute atomic E-state index is 12.4. The van der Waals surface area contributed by atoms with Crippen molar-refractivity contribution in [3.8, 4) is 11.3 Å². The Balaban J connectivity index is 1.35. The number of hydrogen-bond acceptors (Lipinski definition) is 8. The second kappa shape index (κ2) is 10.5. The van der Waals surface area contributed by atoms with Gasteiger partial charge in [-0.1, -0.05) is 42.5 Å². The number of rotatable bonds is 6. The number of benzene rings is 2. The zero-order chi connectivity index (χ0) is 24.9. The highest BCUT2D eigenvalue weighted by atomic mass is 32.1. The molecule has 8 nitrogen and oxygen atoms in total. The predicted octanol–water partition coefficient (Wildman–Crippen LogP) is 6.09. The van der Waals surface area contributed by atoms with Crippen molar-refractivity contribution >= 4 is 67.7 Å². The monoisotopic (exact) mass is 512 g/mol. The highest BCUT2D eigenvalue weighted by Gasteiger charge is 2.20. The fraction of sp³-hybridized carbons (Fsp3) is 0.0385. The van der Waals surface area contributed by atoms with Gasteiger partial charge in [-0.2, -0.15) is 0 Å². The number of aromatic nitrogens is 3. The summed E-state index contributed by atoms with van der Waals surface area (Å²) in [7, 11) is 1.36. The van der Waals surface area contributed by atoms with Gasteiger partial charge in [0.05, 0.1) is 29.9 Å². The summed E-state index contributed by atoms with van der Waals surface area (Å²) in [5.74, 6) is 0.0844. The molecule has 5 aromatic rings. The molecule has 0 fully saturated rings. The molecule has 0 atom stereocenters. The first-order valence-electron chi connectivity index (χ1n) is 10.9. The lowest BCUT2D eigenvalue weighted by Gasteiger charge is -2.15. The number of thiocarbonyl (C=S) groups is 1. The van der Waals surface area contributed by atoms with E-state index in [-0.39, 0.29) is 0 Å². The number of ether oxygens (including phenoxy) is 1. The van der Waals surface area contributed by atoms with Crippen molar-refractivity contribution in [2.75, 3.05) is 23.1 Å². The van der Waals surface area contributed by atoms with Crippen LogP contribution >= 0.6 is 23.6 Å². The molecule has 2 aromatic carbocycles. The minimum atomic E-state index is -0.430. The molecular formula is C26H20N6O2S2. The Morgan fingerprint density at radius 2 is 1.67 bits per heavy atom. The number of nitrogens with one attached hydrogen (secondary N) is 3. The van der Waals surface area contributed by atoms with Gasteiger partial charge >= 0.3 is 5.97 Å². The van der Waals surface area contributed by atoms with Crippen LogP contribution in [0.25, 0.3) is 21.5 Å². The first kappa shape index (κ1) is 23.3. The number of anilines is 4. The Morgan fingerprint density at radius 3 is 2.42 bits per heavy atom. The van der Waals surface area contributed by atoms with Gasteiger partial charge in [0.15, 0.2) is 10.9 Å². The second-order valence-electron chi connectivity index (χ2n) is 7.57. The second-order valence-corrected chi connectivity index (χ2v) is 8.98. The molecule has 10 heteroatoms. The van der Waals surface area contributed by atoms with E-state index in [0.29, 0.717) is 27.2 Å². The Hall–Kier alpha value is -4.41. The minimum absolute atomic E-state index is 0.344. The van der Waals surface area contributed by atoms with Gasteiger partial charge < -0.3 is 20.7 Å². The van der Waals surface area contributed by atoms with Crippen molar-refractivity contribution in [3.63, 3.8) is 0 Å². The molecule has 0 aliphatic heterocycles. The van der Waals surface area contributed by atoms with Crippen molar-refractivity contribution < 1.29 is 9.53 Å². The van der Waals surface area contributed by atoms with Crippen LogP contribution in [-0.4, -0.2) is 33.4 Å². The van der Waals surface area contributed by atoms with Crippen LogP contribution in [0.1, 0.15) is 9.67 Å².